The van der Waals surface area contributed by atoms with Gasteiger partial charge in [0.15, 0.2) is 6.10 Å². The van der Waals surface area contributed by atoms with Crippen molar-refractivity contribution in [2.24, 2.45) is 0 Å². The number of nitrogens with one attached hydrogen (secondary N) is 2. The molecule has 1 saturated heterocycles. The number of amides is 2. The molecule has 4 rings (SSSR count). The van der Waals surface area contributed by atoms with Crippen LogP contribution in [-0.2, 0) is 26.2 Å². The van der Waals surface area contributed by atoms with Crippen molar-refractivity contribution in [1.82, 2.24) is 9.62 Å². The van der Waals surface area contributed by atoms with Crippen LogP contribution in [0.2, 0.25) is 0 Å². The molecule has 2 amide bonds. The van der Waals surface area contributed by atoms with Gasteiger partial charge in [0.2, 0.25) is 15.9 Å². The van der Waals surface area contributed by atoms with Crippen molar-refractivity contribution >= 4 is 27.5 Å². The van der Waals surface area contributed by atoms with Gasteiger partial charge < -0.3 is 20.1 Å². The number of anilines is 1. The number of sulfonamides is 1. The van der Waals surface area contributed by atoms with Crippen LogP contribution in [0.4, 0.5) is 5.69 Å². The van der Waals surface area contributed by atoms with E-state index in [1.54, 1.807) is 20.1 Å². The van der Waals surface area contributed by atoms with Gasteiger partial charge in [-0.2, -0.15) is 4.31 Å². The number of nitrogens with zero attached hydrogens (tertiary/aromatic N) is 1. The molecule has 0 spiro atoms. The summed E-state index contributed by atoms with van der Waals surface area (Å²) in [7, 11) is -2.40. The number of para-hydroxylation sites is 1. The van der Waals surface area contributed by atoms with Crippen molar-refractivity contribution in [2.45, 2.75) is 43.4 Å². The topological polar surface area (TPSA) is 114 Å². The maximum atomic E-state index is 13.3. The maximum absolute atomic E-state index is 13.3. The SMILES string of the molecule is COc1ccccc1CNC(=O)[C@H]1CCCN1S(=O)(=O)c1ccc2c(c1)NC(=O)[C@@H](C)O2. The zero-order valence-electron chi connectivity index (χ0n) is 17.8. The van der Waals surface area contributed by atoms with E-state index in [1.165, 1.54) is 22.5 Å². The summed E-state index contributed by atoms with van der Waals surface area (Å²) in [4.78, 5) is 24.8. The van der Waals surface area contributed by atoms with Crippen molar-refractivity contribution in [3.8, 4) is 11.5 Å². The molecule has 1 fully saturated rings. The predicted octanol–water partition coefficient (Wildman–Crippen LogP) is 1.88. The van der Waals surface area contributed by atoms with Gasteiger partial charge in [0, 0.05) is 18.7 Å². The Hall–Kier alpha value is -3.11. The highest BCUT2D eigenvalue weighted by atomic mass is 32.2. The summed E-state index contributed by atoms with van der Waals surface area (Å²) in [6, 6.07) is 10.8. The maximum Gasteiger partial charge on any atom is 0.265 e. The van der Waals surface area contributed by atoms with Gasteiger partial charge in [0.1, 0.15) is 17.5 Å². The van der Waals surface area contributed by atoms with E-state index in [9.17, 15) is 18.0 Å². The minimum atomic E-state index is -3.95. The zero-order chi connectivity index (χ0) is 22.9. The lowest BCUT2D eigenvalue weighted by Gasteiger charge is -2.26. The number of carbonyl (C=O) groups is 2. The van der Waals surface area contributed by atoms with Gasteiger partial charge in [-0.1, -0.05) is 18.2 Å². The van der Waals surface area contributed by atoms with Gasteiger partial charge in [-0.05, 0) is 44.0 Å². The Balaban J connectivity index is 1.51. The first-order chi connectivity index (χ1) is 15.3. The molecule has 9 nitrogen and oxygen atoms in total. The van der Waals surface area contributed by atoms with Gasteiger partial charge in [0.25, 0.3) is 5.91 Å². The number of hydrogen-bond donors (Lipinski definition) is 2. The van der Waals surface area contributed by atoms with Gasteiger partial charge >= 0.3 is 0 Å². The molecule has 2 aliphatic heterocycles. The van der Waals surface area contributed by atoms with Crippen molar-refractivity contribution in [2.75, 3.05) is 19.0 Å². The van der Waals surface area contributed by atoms with E-state index < -0.39 is 22.2 Å². The number of benzene rings is 2. The van der Waals surface area contributed by atoms with Crippen LogP contribution in [-0.4, -0.2) is 50.3 Å². The van der Waals surface area contributed by atoms with E-state index in [1.807, 2.05) is 18.2 Å². The van der Waals surface area contributed by atoms with E-state index in [4.69, 9.17) is 9.47 Å². The smallest absolute Gasteiger partial charge is 0.265 e. The molecular weight excluding hydrogens is 434 g/mol. The van der Waals surface area contributed by atoms with E-state index in [-0.39, 0.29) is 29.8 Å². The lowest BCUT2D eigenvalue weighted by Crippen LogP contribution is -2.45. The Morgan fingerprint density at radius 1 is 1.28 bits per heavy atom. The highest BCUT2D eigenvalue weighted by Crippen LogP contribution is 2.34. The Kier molecular flexibility index (Phi) is 6.07. The molecule has 170 valence electrons. The molecule has 0 saturated carbocycles. The molecule has 10 heteroatoms. The van der Waals surface area contributed by atoms with Crippen LogP contribution in [0.3, 0.4) is 0 Å². The van der Waals surface area contributed by atoms with Crippen molar-refractivity contribution < 1.29 is 27.5 Å². The molecule has 0 radical (unpaired) electrons. The monoisotopic (exact) mass is 459 g/mol. The second-order valence-corrected chi connectivity index (χ2v) is 9.60. The van der Waals surface area contributed by atoms with E-state index in [0.717, 1.165) is 5.56 Å². The highest BCUT2D eigenvalue weighted by Gasteiger charge is 2.40. The number of rotatable bonds is 6. The van der Waals surface area contributed by atoms with Crippen LogP contribution >= 0.6 is 0 Å². The third kappa shape index (κ3) is 4.15. The first kappa shape index (κ1) is 22.1. The van der Waals surface area contributed by atoms with Gasteiger partial charge in [-0.15, -0.1) is 0 Å². The standard InChI is InChI=1S/C22H25N3O6S/c1-14-21(26)24-17-12-16(9-10-20(17)31-14)32(28,29)25-11-5-7-18(25)22(27)23-13-15-6-3-4-8-19(15)30-2/h3-4,6,8-10,12,14,18H,5,7,11,13H2,1-2H3,(H,23,27)(H,24,26)/t14-,18-/m1/s1. The fraction of sp³-hybridized carbons (Fsp3) is 0.364. The second-order valence-electron chi connectivity index (χ2n) is 7.71. The van der Waals surface area contributed by atoms with Crippen LogP contribution in [0, 0.1) is 0 Å². The van der Waals surface area contributed by atoms with E-state index in [2.05, 4.69) is 10.6 Å². The predicted molar refractivity (Wildman–Crippen MR) is 117 cm³/mol. The van der Waals surface area contributed by atoms with Crippen LogP contribution in [0.5, 0.6) is 11.5 Å². The molecule has 0 bridgehead atoms. The highest BCUT2D eigenvalue weighted by molar-refractivity contribution is 7.89. The first-order valence-corrected chi connectivity index (χ1v) is 11.8. The number of methoxy groups -OCH3 is 1. The first-order valence-electron chi connectivity index (χ1n) is 10.3. The molecule has 2 aliphatic rings. The summed E-state index contributed by atoms with van der Waals surface area (Å²) in [6.07, 6.45) is 0.355. The number of hydrogen-bond acceptors (Lipinski definition) is 6. The average Bonchev–Trinajstić information content (AvgIpc) is 3.29. The van der Waals surface area contributed by atoms with Crippen LogP contribution < -0.4 is 20.1 Å². The van der Waals surface area contributed by atoms with E-state index in [0.29, 0.717) is 30.0 Å². The van der Waals surface area contributed by atoms with Gasteiger partial charge in [-0.25, -0.2) is 8.42 Å². The number of ether oxygens (including phenoxy) is 2. The summed E-state index contributed by atoms with van der Waals surface area (Å²) in [5, 5.41) is 5.49. The summed E-state index contributed by atoms with van der Waals surface area (Å²) in [5.41, 5.74) is 1.10. The molecule has 2 aromatic rings. The molecule has 2 aromatic carbocycles. The summed E-state index contributed by atoms with van der Waals surface area (Å²) in [6.45, 7) is 2.08. The minimum absolute atomic E-state index is 0.000804. The molecule has 0 aliphatic carbocycles. The Labute approximate surface area is 186 Å². The zero-order valence-corrected chi connectivity index (χ0v) is 18.6. The van der Waals surface area contributed by atoms with Crippen LogP contribution in [0.1, 0.15) is 25.3 Å². The van der Waals surface area contributed by atoms with Crippen molar-refractivity contribution in [1.29, 1.82) is 0 Å². The molecule has 2 heterocycles. The molecule has 2 atom stereocenters. The lowest BCUT2D eigenvalue weighted by atomic mass is 10.2. The minimum Gasteiger partial charge on any atom is -0.496 e. The fourth-order valence-electron chi connectivity index (χ4n) is 3.92. The second kappa shape index (κ2) is 8.79. The Morgan fingerprint density at radius 3 is 2.84 bits per heavy atom. The van der Waals surface area contributed by atoms with Gasteiger partial charge in [-0.3, -0.25) is 9.59 Å². The third-order valence-electron chi connectivity index (χ3n) is 5.64. The summed E-state index contributed by atoms with van der Waals surface area (Å²) in [5.74, 6) is 0.349. The molecule has 0 unspecified atom stereocenters. The van der Waals surface area contributed by atoms with Crippen LogP contribution in [0.15, 0.2) is 47.4 Å². The normalized spacial score (nSPS) is 20.8. The third-order valence-corrected chi connectivity index (χ3v) is 7.54. The lowest BCUT2D eigenvalue weighted by molar-refractivity contribution is -0.124. The largest absolute Gasteiger partial charge is 0.496 e. The molecule has 32 heavy (non-hydrogen) atoms. The Bertz CT molecular complexity index is 1150. The number of fused-ring (bicyclic) bond motifs is 1. The average molecular weight is 460 g/mol. The van der Waals surface area contributed by atoms with Crippen LogP contribution in [0.25, 0.3) is 0 Å². The number of carbonyl (C=O) groups excluding carboxylic acids is 2. The van der Waals surface area contributed by atoms with Crippen molar-refractivity contribution in [3.63, 3.8) is 0 Å². The quantitative estimate of drug-likeness (QED) is 0.682. The summed E-state index contributed by atoms with van der Waals surface area (Å²) < 4.78 is 38.7. The molecule has 0 aromatic heterocycles. The summed E-state index contributed by atoms with van der Waals surface area (Å²) >= 11 is 0. The van der Waals surface area contributed by atoms with Crippen molar-refractivity contribution in [3.05, 3.63) is 48.0 Å². The molecular formula is C22H25N3O6S. The fourth-order valence-corrected chi connectivity index (χ4v) is 5.61. The Morgan fingerprint density at radius 2 is 2.06 bits per heavy atom. The van der Waals surface area contributed by atoms with E-state index >= 15 is 0 Å². The molecule has 2 N–H and O–H groups in total. The van der Waals surface area contributed by atoms with Gasteiger partial charge in [0.05, 0.1) is 17.7 Å².